The number of piperazine rings is 3. The lowest BCUT2D eigenvalue weighted by Crippen LogP contribution is -2.52. The highest BCUT2D eigenvalue weighted by atomic mass is 19.1. The zero-order valence-electron chi connectivity index (χ0n) is 75.5. The van der Waals surface area contributed by atoms with Crippen molar-refractivity contribution in [3.05, 3.63) is 215 Å². The number of aromatic amines is 3. The van der Waals surface area contributed by atoms with Crippen LogP contribution in [-0.4, -0.2) is 235 Å². The van der Waals surface area contributed by atoms with Gasteiger partial charge in [-0.2, -0.15) is 0 Å². The lowest BCUT2D eigenvalue weighted by atomic mass is 10.1. The number of hydrogen-bond donors (Lipinski definition) is 3. The average molecular weight is 1390 g/mol. The number of rotatable bonds is 12. The minimum atomic E-state index is -4.05. The summed E-state index contributed by atoms with van der Waals surface area (Å²) in [5.74, 6) is -16.5. The van der Waals surface area contributed by atoms with Gasteiger partial charge in [0.15, 0.2) is 34.9 Å². The van der Waals surface area contributed by atoms with Crippen LogP contribution >= 0.6 is 0 Å². The zero-order chi connectivity index (χ0) is 91.9. The van der Waals surface area contributed by atoms with Gasteiger partial charge in [-0.25, -0.2) is 42.2 Å². The number of aromatic nitrogens is 15. The Hall–Kier alpha value is -13.2. The smallest absolute Gasteiger partial charge is 0.295 e. The molecule has 12 heterocycles. The van der Waals surface area contributed by atoms with E-state index in [1.807, 2.05) is 0 Å². The Morgan fingerprint density at radius 2 is 0.713 bits per heavy atom. The number of H-pyrrole nitrogens is 3. The third-order valence-electron chi connectivity index (χ3n) is 14.9. The molecule has 9 aromatic heterocycles. The number of nitrogens with one attached hydrogen (secondary N) is 3. The number of hydrogen-bond acceptors (Lipinski definition) is 18. The maximum atomic E-state index is 15.0. The summed E-state index contributed by atoms with van der Waals surface area (Å²) in [4.78, 5) is 140. The second-order valence-electron chi connectivity index (χ2n) is 21.1. The van der Waals surface area contributed by atoms with Crippen LogP contribution in [0.15, 0.2) is 153 Å². The minimum Gasteiger partial charge on any atom is -0.357 e. The molecule has 3 N–H and O–H groups in total. The molecule has 0 saturated carbocycles. The first-order chi connectivity index (χ1) is 58.3. The van der Waals surface area contributed by atoms with E-state index in [-0.39, 0.29) is 110 Å². The Kier molecular flexibility index (Phi) is 12.2. The van der Waals surface area contributed by atoms with E-state index in [4.69, 9.17) is 32.9 Å². The van der Waals surface area contributed by atoms with Crippen molar-refractivity contribution < 1.29 is 89.2 Å². The number of amides is 6. The standard InChI is InChI=1S/2C23H20FN7O3.C22H18FN7O3/c2*1-14-2-4-15(5-3-14)22(33)29-8-10-30(11-9-29)23(34)20(32)16-12-25-19-18(16)17(24)13-26-21(19)31-7-6-27-28-31;23-16-13-25-20(30-7-6-26-27-30)18-17(16)15(12-24-18)19(31)22(33)29-10-8-28(9-11-29)21(32)14-4-2-1-3-5-14/h2*2-7,12-13,25H,8-11H2,1H3;1-7,12-13,24H,8-11H2/i2D,3D,4D,5D,8D2,9D2,10D2,11D2;2D,3D,4D,5D;8D2,9D2,10D2,11D2. The summed E-state index contributed by atoms with van der Waals surface area (Å²) in [6, 6.07) is 1.65. The molecule has 3 aliphatic rings. The normalized spacial score (nSPS) is 21.4. The van der Waals surface area contributed by atoms with Crippen molar-refractivity contribution in [2.75, 3.05) is 78.2 Å². The Balaban J connectivity index is 0.000000162. The van der Waals surface area contributed by atoms with Crippen molar-refractivity contribution >= 4 is 85.5 Å². The van der Waals surface area contributed by atoms with Gasteiger partial charge in [-0.3, -0.25) is 43.2 Å². The van der Waals surface area contributed by atoms with Crippen LogP contribution in [-0.2, 0) is 14.4 Å². The molecule has 6 amide bonds. The fourth-order valence-corrected chi connectivity index (χ4v) is 9.97. The predicted molar refractivity (Wildman–Crippen MR) is 352 cm³/mol. The molecule has 510 valence electrons. The van der Waals surface area contributed by atoms with E-state index < -0.39 is 201 Å². The maximum absolute atomic E-state index is 15.0. The number of ketones is 3. The van der Waals surface area contributed by atoms with E-state index in [9.17, 15) is 56.3 Å². The van der Waals surface area contributed by atoms with Crippen molar-refractivity contribution in [3.8, 4) is 17.5 Å². The Labute approximate surface area is 602 Å². The van der Waals surface area contributed by atoms with Gasteiger partial charge in [-0.15, -0.1) is 15.3 Å². The minimum absolute atomic E-state index is 0.00783. The molecule has 3 aliphatic heterocycles. The van der Waals surface area contributed by atoms with Crippen molar-refractivity contribution in [3.63, 3.8) is 0 Å². The van der Waals surface area contributed by atoms with Crippen LogP contribution in [0.1, 0.15) is 106 Å². The van der Waals surface area contributed by atoms with Gasteiger partial charge in [0, 0.05) is 113 Å². The molecule has 3 aromatic carbocycles. The van der Waals surface area contributed by atoms with Crippen LogP contribution in [0.3, 0.4) is 0 Å². The fourth-order valence-electron chi connectivity index (χ4n) is 9.97. The molecule has 0 bridgehead atoms. The fraction of sp³-hybridized carbons (Fsp3) is 0.206. The lowest BCUT2D eigenvalue weighted by molar-refractivity contribution is -0.128. The molecule has 0 radical (unpaired) electrons. The monoisotopic (exact) mass is 1390 g/mol. The molecule has 15 rings (SSSR count). The molecule has 3 saturated heterocycles. The highest BCUT2D eigenvalue weighted by Crippen LogP contribution is 2.30. The Morgan fingerprint density at radius 3 is 1.05 bits per heavy atom. The van der Waals surface area contributed by atoms with Gasteiger partial charge in [0.05, 0.1) is 138 Å². The lowest BCUT2D eigenvalue weighted by Gasteiger charge is -2.34. The summed E-state index contributed by atoms with van der Waals surface area (Å²) in [5, 5.41) is 21.0. The van der Waals surface area contributed by atoms with Gasteiger partial charge in [0.2, 0.25) is 0 Å². The molecule has 3 fully saturated rings. The van der Waals surface area contributed by atoms with E-state index in [0.717, 1.165) is 34.2 Å². The number of nitrogens with zero attached hydrogens (tertiary/aromatic N) is 18. The van der Waals surface area contributed by atoms with Crippen LogP contribution in [0.2, 0.25) is 0 Å². The topological polar surface area (TPSA) is 351 Å². The van der Waals surface area contributed by atoms with Gasteiger partial charge in [0.25, 0.3) is 52.8 Å². The highest BCUT2D eigenvalue weighted by molar-refractivity contribution is 6.46. The number of carbonyl (C=O) groups is 9. The number of Topliss-reactive ketones (excluding diaryl/α,β-unsaturated/α-hetero) is 3. The maximum Gasteiger partial charge on any atom is 0.295 e. The highest BCUT2D eigenvalue weighted by Gasteiger charge is 2.35. The first-order valence-corrected chi connectivity index (χ1v) is 29.2. The molecule has 0 spiro atoms. The van der Waals surface area contributed by atoms with Crippen LogP contribution in [0.5, 0.6) is 0 Å². The van der Waals surface area contributed by atoms with Gasteiger partial charge in [-0.1, -0.05) is 69.1 Å². The number of fused-ring (bicyclic) bond motifs is 3. The van der Waals surface area contributed by atoms with Crippen LogP contribution in [0.4, 0.5) is 13.2 Å². The Bertz CT molecular complexity index is 6380. The summed E-state index contributed by atoms with van der Waals surface area (Å²) >= 11 is 0. The number of pyridine rings is 3. The molecule has 101 heavy (non-hydrogen) atoms. The zero-order valence-corrected chi connectivity index (χ0v) is 51.5. The van der Waals surface area contributed by atoms with Crippen molar-refractivity contribution in [1.82, 2.24) is 104 Å². The molecule has 33 heteroatoms. The molecular formula is C68H58F3N21O9. The van der Waals surface area contributed by atoms with Gasteiger partial charge in [-0.05, 0) is 50.1 Å². The summed E-state index contributed by atoms with van der Waals surface area (Å²) in [7, 11) is 0. The summed E-state index contributed by atoms with van der Waals surface area (Å²) in [6.45, 7) is -28.6. The summed E-state index contributed by atoms with van der Waals surface area (Å²) in [5.41, 5.74) is -3.68. The molecule has 0 unspecified atom stereocenters. The van der Waals surface area contributed by atoms with Gasteiger partial charge < -0.3 is 44.4 Å². The molecule has 12 aromatic rings. The van der Waals surface area contributed by atoms with Crippen molar-refractivity contribution in [2.24, 2.45) is 0 Å². The van der Waals surface area contributed by atoms with Gasteiger partial charge >= 0.3 is 0 Å². The van der Waals surface area contributed by atoms with Gasteiger partial charge in [0.1, 0.15) is 0 Å². The third kappa shape index (κ3) is 13.4. The Morgan fingerprint density at radius 1 is 0.406 bits per heavy atom. The summed E-state index contributed by atoms with van der Waals surface area (Å²) in [6.07, 6.45) is 13.4. The molecule has 0 atom stereocenters. The second kappa shape index (κ2) is 28.5. The summed E-state index contributed by atoms with van der Waals surface area (Å²) < 4.78 is 248. The van der Waals surface area contributed by atoms with Crippen molar-refractivity contribution in [2.45, 2.75) is 13.8 Å². The number of carbonyl (C=O) groups excluding carboxylic acids is 9. The van der Waals surface area contributed by atoms with Crippen LogP contribution in [0, 0.1) is 31.3 Å². The predicted octanol–water partition coefficient (Wildman–Crippen LogP) is 4.97. The number of halogens is 3. The first-order valence-electron chi connectivity index (χ1n) is 41.2. The molecule has 30 nitrogen and oxygen atoms in total. The van der Waals surface area contributed by atoms with Crippen molar-refractivity contribution in [1.29, 1.82) is 0 Å². The van der Waals surface area contributed by atoms with E-state index in [0.29, 0.717) is 6.20 Å². The van der Waals surface area contributed by atoms with E-state index in [2.05, 4.69) is 60.8 Å². The van der Waals surface area contributed by atoms with Crippen LogP contribution < -0.4 is 0 Å². The van der Waals surface area contributed by atoms with Crippen LogP contribution in [0.25, 0.3) is 50.2 Å². The third-order valence-corrected chi connectivity index (χ3v) is 14.9. The molecule has 0 aliphatic carbocycles. The largest absolute Gasteiger partial charge is 0.357 e. The van der Waals surface area contributed by atoms with E-state index in [1.54, 1.807) is 0 Å². The quantitative estimate of drug-likeness (QED) is 0.107. The average Bonchev–Trinajstić information content (AvgIpc) is 1.35. The SMILES string of the molecule is [2H]C1([2H])N(C(=O)C(=O)c2c[nH]c3c(-n4ccnn4)ncc(F)c23)C([2H])([2H])C([2H])([2H])N(C(=O)c2ccccc2)C1([2H])[2H].[2H]c1c([2H])c(C(=O)N2C([2H])([2H])C([2H])([2H])N(C(=O)C(=O)c3c[nH]c4c(-n5ccnn5)ncc(F)c34)C([2H])([2H])C2([2H])[2H])c([2H])c([2H])c1C.[2H]c1c([2H])c(C(=O)N2CCN(C(=O)C(=O)c3c[nH]c4c(-n5ccnn5)ncc(F)c34)CC2)c([2H])c([2H])c1C. The molecular weight excluding hydrogens is 1310 g/mol. The van der Waals surface area contributed by atoms with E-state index >= 15 is 0 Å². The first kappa shape index (κ1) is 43.1. The second-order valence-corrected chi connectivity index (χ2v) is 21.1. The van der Waals surface area contributed by atoms with E-state index in [1.165, 1.54) is 102 Å². The number of benzene rings is 3.